The van der Waals surface area contributed by atoms with Gasteiger partial charge in [0.25, 0.3) is 0 Å². The van der Waals surface area contributed by atoms with Gasteiger partial charge in [-0.25, -0.2) is 0 Å². The van der Waals surface area contributed by atoms with E-state index in [1.807, 2.05) is 11.3 Å². The molecule has 2 aromatic heterocycles. The Morgan fingerprint density at radius 2 is 2.18 bits per heavy atom. The normalized spacial score (nSPS) is 10.9. The van der Waals surface area contributed by atoms with E-state index >= 15 is 0 Å². The summed E-state index contributed by atoms with van der Waals surface area (Å²) in [5.41, 5.74) is 1.38. The molecule has 2 rings (SSSR count). The van der Waals surface area contributed by atoms with Gasteiger partial charge in [-0.2, -0.15) is 0 Å². The highest BCUT2D eigenvalue weighted by molar-refractivity contribution is 7.10. The molecule has 2 nitrogen and oxygen atoms in total. The number of hydrogen-bond donors (Lipinski definition) is 1. The van der Waals surface area contributed by atoms with Crippen LogP contribution in [0, 0.1) is 6.92 Å². The van der Waals surface area contributed by atoms with E-state index in [9.17, 15) is 0 Å². The van der Waals surface area contributed by atoms with Gasteiger partial charge in [0.05, 0.1) is 13.2 Å². The SMILES string of the molecule is Cc1ccsc1CNCCOCc1cccs1. The average molecular weight is 267 g/mol. The van der Waals surface area contributed by atoms with Crippen LogP contribution in [-0.2, 0) is 17.9 Å². The summed E-state index contributed by atoms with van der Waals surface area (Å²) in [6, 6.07) is 6.32. The molecule has 1 N–H and O–H groups in total. The molecule has 0 atom stereocenters. The zero-order valence-corrected chi connectivity index (χ0v) is 11.6. The Hall–Kier alpha value is -0.680. The fourth-order valence-corrected chi connectivity index (χ4v) is 3.02. The molecular weight excluding hydrogens is 250 g/mol. The van der Waals surface area contributed by atoms with Gasteiger partial charge in [0.1, 0.15) is 0 Å². The predicted molar refractivity (Wildman–Crippen MR) is 74.7 cm³/mol. The van der Waals surface area contributed by atoms with Gasteiger partial charge in [0.15, 0.2) is 0 Å². The highest BCUT2D eigenvalue weighted by atomic mass is 32.1. The Morgan fingerprint density at radius 1 is 1.24 bits per heavy atom. The van der Waals surface area contributed by atoms with Crippen molar-refractivity contribution in [2.75, 3.05) is 13.2 Å². The largest absolute Gasteiger partial charge is 0.375 e. The van der Waals surface area contributed by atoms with Crippen molar-refractivity contribution in [1.82, 2.24) is 5.32 Å². The summed E-state index contributed by atoms with van der Waals surface area (Å²) in [6.45, 7) is 5.51. The smallest absolute Gasteiger partial charge is 0.0809 e. The second-order valence-electron chi connectivity index (χ2n) is 3.84. The maximum Gasteiger partial charge on any atom is 0.0809 e. The molecule has 2 heterocycles. The van der Waals surface area contributed by atoms with E-state index in [-0.39, 0.29) is 0 Å². The van der Waals surface area contributed by atoms with E-state index < -0.39 is 0 Å². The van der Waals surface area contributed by atoms with Gasteiger partial charge in [-0.3, -0.25) is 0 Å². The standard InChI is InChI=1S/C13H17NOS2/c1-11-4-8-17-13(11)9-14-5-6-15-10-12-3-2-7-16-12/h2-4,7-8,14H,5-6,9-10H2,1H3. The third-order valence-electron chi connectivity index (χ3n) is 2.50. The van der Waals surface area contributed by atoms with Gasteiger partial charge >= 0.3 is 0 Å². The van der Waals surface area contributed by atoms with Gasteiger partial charge in [0, 0.05) is 22.8 Å². The van der Waals surface area contributed by atoms with Crippen molar-refractivity contribution in [2.45, 2.75) is 20.1 Å². The summed E-state index contributed by atoms with van der Waals surface area (Å²) >= 11 is 3.55. The molecule has 4 heteroatoms. The summed E-state index contributed by atoms with van der Waals surface area (Å²) in [5, 5.41) is 7.62. The van der Waals surface area contributed by atoms with Crippen LogP contribution in [0.5, 0.6) is 0 Å². The van der Waals surface area contributed by atoms with Crippen LogP contribution in [0.4, 0.5) is 0 Å². The highest BCUT2D eigenvalue weighted by Crippen LogP contribution is 2.14. The number of aryl methyl sites for hydroxylation is 1. The van der Waals surface area contributed by atoms with Crippen molar-refractivity contribution in [2.24, 2.45) is 0 Å². The number of nitrogens with one attached hydrogen (secondary N) is 1. The molecule has 0 aliphatic carbocycles. The quantitative estimate of drug-likeness (QED) is 0.776. The van der Waals surface area contributed by atoms with Gasteiger partial charge in [-0.1, -0.05) is 6.07 Å². The van der Waals surface area contributed by atoms with Crippen LogP contribution in [0.1, 0.15) is 15.3 Å². The highest BCUT2D eigenvalue weighted by Gasteiger charge is 1.98. The molecule has 0 fully saturated rings. The minimum Gasteiger partial charge on any atom is -0.375 e. The Kier molecular flexibility index (Phi) is 5.19. The van der Waals surface area contributed by atoms with Gasteiger partial charge < -0.3 is 10.1 Å². The summed E-state index contributed by atoms with van der Waals surface area (Å²) in [4.78, 5) is 2.71. The third kappa shape index (κ3) is 4.24. The van der Waals surface area contributed by atoms with Gasteiger partial charge in [-0.05, 0) is 35.4 Å². The Balaban J connectivity index is 1.54. The van der Waals surface area contributed by atoms with Crippen molar-refractivity contribution in [3.63, 3.8) is 0 Å². The first-order chi connectivity index (χ1) is 8.36. The zero-order valence-electron chi connectivity index (χ0n) is 9.94. The number of hydrogen-bond acceptors (Lipinski definition) is 4. The van der Waals surface area contributed by atoms with Crippen molar-refractivity contribution >= 4 is 22.7 Å². The summed E-state index contributed by atoms with van der Waals surface area (Å²) in [5.74, 6) is 0. The summed E-state index contributed by atoms with van der Waals surface area (Å²) in [6.07, 6.45) is 0. The third-order valence-corrected chi connectivity index (χ3v) is 4.37. The monoisotopic (exact) mass is 267 g/mol. The lowest BCUT2D eigenvalue weighted by atomic mass is 10.3. The van der Waals surface area contributed by atoms with Crippen LogP contribution < -0.4 is 5.32 Å². The molecule has 0 aliphatic rings. The van der Waals surface area contributed by atoms with Crippen LogP contribution >= 0.6 is 22.7 Å². The van der Waals surface area contributed by atoms with Crippen LogP contribution in [0.3, 0.4) is 0 Å². The fourth-order valence-electron chi connectivity index (χ4n) is 1.50. The minimum atomic E-state index is 0.734. The minimum absolute atomic E-state index is 0.734. The van der Waals surface area contributed by atoms with Crippen molar-refractivity contribution in [3.8, 4) is 0 Å². The Morgan fingerprint density at radius 3 is 2.88 bits per heavy atom. The second-order valence-corrected chi connectivity index (χ2v) is 5.87. The molecule has 0 unspecified atom stereocenters. The molecule has 0 aromatic carbocycles. The van der Waals surface area contributed by atoms with Crippen molar-refractivity contribution < 1.29 is 4.74 Å². The van der Waals surface area contributed by atoms with Crippen LogP contribution in [0.25, 0.3) is 0 Å². The number of ether oxygens (including phenoxy) is 1. The molecule has 92 valence electrons. The first-order valence-corrected chi connectivity index (χ1v) is 7.46. The summed E-state index contributed by atoms with van der Waals surface area (Å²) in [7, 11) is 0. The van der Waals surface area contributed by atoms with Crippen molar-refractivity contribution in [1.29, 1.82) is 0 Å². The zero-order chi connectivity index (χ0) is 11.9. The average Bonchev–Trinajstić information content (AvgIpc) is 2.95. The summed E-state index contributed by atoms with van der Waals surface area (Å²) < 4.78 is 5.58. The molecule has 0 aliphatic heterocycles. The number of thiophene rings is 2. The van der Waals surface area contributed by atoms with Crippen molar-refractivity contribution in [3.05, 3.63) is 44.3 Å². The predicted octanol–water partition coefficient (Wildman–Crippen LogP) is 3.42. The molecule has 0 saturated carbocycles. The van der Waals surface area contributed by atoms with E-state index in [0.717, 1.165) is 26.3 Å². The van der Waals surface area contributed by atoms with E-state index in [2.05, 4.69) is 41.2 Å². The molecule has 2 aromatic rings. The maximum absolute atomic E-state index is 5.58. The molecule has 0 spiro atoms. The first-order valence-electron chi connectivity index (χ1n) is 5.70. The Labute approximate surface area is 110 Å². The lowest BCUT2D eigenvalue weighted by Crippen LogP contribution is -2.18. The van der Waals surface area contributed by atoms with Crippen LogP contribution in [0.2, 0.25) is 0 Å². The van der Waals surface area contributed by atoms with Crippen LogP contribution in [0.15, 0.2) is 29.0 Å². The molecule has 0 amide bonds. The topological polar surface area (TPSA) is 21.3 Å². The second kappa shape index (κ2) is 6.91. The molecule has 0 saturated heterocycles. The molecular formula is C13H17NOS2. The first kappa shape index (κ1) is 12.8. The van der Waals surface area contributed by atoms with E-state index in [0.29, 0.717) is 0 Å². The molecule has 17 heavy (non-hydrogen) atoms. The van der Waals surface area contributed by atoms with E-state index in [1.165, 1.54) is 15.3 Å². The molecule has 0 radical (unpaired) electrons. The van der Waals surface area contributed by atoms with Crippen LogP contribution in [-0.4, -0.2) is 13.2 Å². The number of rotatable bonds is 7. The Bertz CT molecular complexity index is 422. The lowest BCUT2D eigenvalue weighted by molar-refractivity contribution is 0.124. The maximum atomic E-state index is 5.58. The van der Waals surface area contributed by atoms with E-state index in [4.69, 9.17) is 4.74 Å². The lowest BCUT2D eigenvalue weighted by Gasteiger charge is -2.05. The molecule has 0 bridgehead atoms. The fraction of sp³-hybridized carbons (Fsp3) is 0.385. The van der Waals surface area contributed by atoms with E-state index in [1.54, 1.807) is 11.3 Å². The van der Waals surface area contributed by atoms with Gasteiger partial charge in [0.2, 0.25) is 0 Å². The van der Waals surface area contributed by atoms with Gasteiger partial charge in [-0.15, -0.1) is 22.7 Å².